The second-order valence-corrected chi connectivity index (χ2v) is 8.16. The van der Waals surface area contributed by atoms with E-state index in [0.717, 1.165) is 16.9 Å². The summed E-state index contributed by atoms with van der Waals surface area (Å²) in [5, 5.41) is 0.511. The minimum atomic E-state index is -0.342. The molecule has 0 radical (unpaired) electrons. The lowest BCUT2D eigenvalue weighted by Crippen LogP contribution is -2.32. The van der Waals surface area contributed by atoms with Gasteiger partial charge in [-0.1, -0.05) is 47.5 Å². The number of carbonyl (C=O) groups excluding carboxylic acids is 2. The number of rotatable bonds is 5. The average Bonchev–Trinajstić information content (AvgIpc) is 3.30. The molecule has 4 rings (SSSR count). The van der Waals surface area contributed by atoms with E-state index in [4.69, 9.17) is 16.0 Å². The first-order chi connectivity index (χ1) is 14.0. The average molecular weight is 424 g/mol. The Morgan fingerprint density at radius 3 is 2.41 bits per heavy atom. The summed E-state index contributed by atoms with van der Waals surface area (Å²) in [4.78, 5) is 28.4. The monoisotopic (exact) mass is 423 g/mol. The van der Waals surface area contributed by atoms with Crippen LogP contribution in [0.5, 0.6) is 0 Å². The van der Waals surface area contributed by atoms with E-state index in [-0.39, 0.29) is 11.8 Å². The van der Waals surface area contributed by atoms with Gasteiger partial charge in [0.15, 0.2) is 0 Å². The van der Waals surface area contributed by atoms with Crippen molar-refractivity contribution in [2.75, 3.05) is 4.90 Å². The molecule has 0 fully saturated rings. The van der Waals surface area contributed by atoms with Gasteiger partial charge < -0.3 is 4.42 Å². The highest BCUT2D eigenvalue weighted by atomic mass is 35.5. The van der Waals surface area contributed by atoms with E-state index < -0.39 is 0 Å². The van der Waals surface area contributed by atoms with E-state index in [1.54, 1.807) is 37.5 Å². The van der Waals surface area contributed by atoms with Crippen molar-refractivity contribution in [1.82, 2.24) is 0 Å². The van der Waals surface area contributed by atoms with Crippen LogP contribution in [-0.4, -0.2) is 11.8 Å². The van der Waals surface area contributed by atoms with Gasteiger partial charge in [-0.3, -0.25) is 9.59 Å². The molecule has 0 aliphatic carbocycles. The number of furan rings is 1. The van der Waals surface area contributed by atoms with E-state index >= 15 is 0 Å². The van der Waals surface area contributed by atoms with Gasteiger partial charge in [0.1, 0.15) is 5.76 Å². The third-order valence-corrected chi connectivity index (χ3v) is 6.31. The van der Waals surface area contributed by atoms with Crippen LogP contribution < -0.4 is 4.90 Å². The van der Waals surface area contributed by atoms with Crippen molar-refractivity contribution >= 4 is 46.4 Å². The Morgan fingerprint density at radius 2 is 1.72 bits per heavy atom. The summed E-state index contributed by atoms with van der Waals surface area (Å²) in [6, 6.07) is 16.5. The number of amides is 2. The molecule has 29 heavy (non-hydrogen) atoms. The number of hydrogen-bond acceptors (Lipinski definition) is 4. The van der Waals surface area contributed by atoms with Gasteiger partial charge in [-0.25, -0.2) is 4.90 Å². The van der Waals surface area contributed by atoms with Crippen LogP contribution in [0.15, 0.2) is 70.2 Å². The van der Waals surface area contributed by atoms with Gasteiger partial charge >= 0.3 is 0 Å². The van der Waals surface area contributed by atoms with E-state index in [0.29, 0.717) is 32.5 Å². The molecule has 0 spiro atoms. The molecule has 2 aromatic carbocycles. The number of carbonyl (C=O) groups is 2. The van der Waals surface area contributed by atoms with Crippen molar-refractivity contribution in [2.45, 2.75) is 19.6 Å². The van der Waals surface area contributed by atoms with Gasteiger partial charge in [-0.15, -0.1) is 11.8 Å². The Morgan fingerprint density at radius 1 is 0.966 bits per heavy atom. The Balaban J connectivity index is 1.78. The molecule has 0 N–H and O–H groups in total. The summed E-state index contributed by atoms with van der Waals surface area (Å²) in [5.74, 6) is 0.515. The molecule has 0 saturated carbocycles. The fourth-order valence-corrected chi connectivity index (χ4v) is 4.40. The molecule has 0 unspecified atom stereocenters. The number of aryl methyl sites for hydroxylation is 1. The van der Waals surface area contributed by atoms with Crippen LogP contribution in [-0.2, 0) is 15.3 Å². The zero-order valence-electron chi connectivity index (χ0n) is 15.9. The maximum atomic E-state index is 13.4. The number of thioether (sulfide) groups is 1. The van der Waals surface area contributed by atoms with Gasteiger partial charge in [0.25, 0.3) is 11.8 Å². The SMILES string of the molecule is Cc1ccc(C2=C(SCc3ccco3)C(=O)N(c3cccc(Cl)c3C)C2=O)cc1. The molecule has 0 bridgehead atoms. The number of imide groups is 1. The molecule has 0 atom stereocenters. The van der Waals surface area contributed by atoms with Crippen molar-refractivity contribution < 1.29 is 14.0 Å². The van der Waals surface area contributed by atoms with Crippen LogP contribution in [0.1, 0.15) is 22.5 Å². The number of halogens is 1. The van der Waals surface area contributed by atoms with E-state index in [9.17, 15) is 9.59 Å². The third kappa shape index (κ3) is 3.63. The minimum Gasteiger partial charge on any atom is -0.468 e. The highest BCUT2D eigenvalue weighted by Crippen LogP contribution is 2.41. The summed E-state index contributed by atoms with van der Waals surface area (Å²) in [7, 11) is 0. The summed E-state index contributed by atoms with van der Waals surface area (Å²) >= 11 is 7.55. The first-order valence-corrected chi connectivity index (χ1v) is 10.4. The minimum absolute atomic E-state index is 0.340. The van der Waals surface area contributed by atoms with Crippen LogP contribution in [0.3, 0.4) is 0 Å². The molecule has 2 heterocycles. The maximum absolute atomic E-state index is 13.4. The van der Waals surface area contributed by atoms with Crippen LogP contribution in [0, 0.1) is 13.8 Å². The Kier molecular flexibility index (Phi) is 5.35. The van der Waals surface area contributed by atoms with Gasteiger partial charge in [0.2, 0.25) is 0 Å². The Labute approximate surface area is 178 Å². The first kappa shape index (κ1) is 19.6. The zero-order chi connectivity index (χ0) is 20.5. The lowest BCUT2D eigenvalue weighted by Gasteiger charge is -2.18. The summed E-state index contributed by atoms with van der Waals surface area (Å²) in [6.07, 6.45) is 1.59. The molecule has 1 aliphatic rings. The quantitative estimate of drug-likeness (QED) is 0.489. The molecular weight excluding hydrogens is 406 g/mol. The molecule has 3 aromatic rings. The summed E-state index contributed by atoms with van der Waals surface area (Å²) in [5.41, 5.74) is 3.41. The van der Waals surface area contributed by atoms with Gasteiger partial charge in [0.05, 0.1) is 28.2 Å². The van der Waals surface area contributed by atoms with Crippen molar-refractivity contribution in [1.29, 1.82) is 0 Å². The number of benzene rings is 2. The molecule has 146 valence electrons. The molecule has 6 heteroatoms. The largest absolute Gasteiger partial charge is 0.468 e. The van der Waals surface area contributed by atoms with Gasteiger partial charge in [-0.2, -0.15) is 0 Å². The predicted molar refractivity (Wildman–Crippen MR) is 117 cm³/mol. The van der Waals surface area contributed by atoms with Crippen molar-refractivity contribution in [3.8, 4) is 0 Å². The summed E-state index contributed by atoms with van der Waals surface area (Å²) in [6.45, 7) is 3.78. The fourth-order valence-electron chi connectivity index (χ4n) is 3.21. The molecule has 4 nitrogen and oxygen atoms in total. The van der Waals surface area contributed by atoms with E-state index in [1.165, 1.54) is 16.7 Å². The number of hydrogen-bond donors (Lipinski definition) is 0. The first-order valence-electron chi connectivity index (χ1n) is 9.07. The van der Waals surface area contributed by atoms with Crippen LogP contribution >= 0.6 is 23.4 Å². The van der Waals surface area contributed by atoms with E-state index in [1.807, 2.05) is 37.3 Å². The number of nitrogens with zero attached hydrogens (tertiary/aromatic N) is 1. The highest BCUT2D eigenvalue weighted by Gasteiger charge is 2.41. The molecule has 2 amide bonds. The Bertz CT molecular complexity index is 1120. The zero-order valence-corrected chi connectivity index (χ0v) is 17.5. The van der Waals surface area contributed by atoms with Crippen molar-refractivity contribution in [3.63, 3.8) is 0 Å². The number of anilines is 1. The van der Waals surface area contributed by atoms with Crippen LogP contribution in [0.2, 0.25) is 5.02 Å². The lowest BCUT2D eigenvalue weighted by molar-refractivity contribution is -0.119. The van der Waals surface area contributed by atoms with Crippen molar-refractivity contribution in [2.24, 2.45) is 0 Å². The van der Waals surface area contributed by atoms with E-state index in [2.05, 4.69) is 0 Å². The molecule has 0 saturated heterocycles. The van der Waals surface area contributed by atoms with Gasteiger partial charge in [0, 0.05) is 5.02 Å². The Hall–Kier alpha value is -2.76. The van der Waals surface area contributed by atoms with Crippen LogP contribution in [0.4, 0.5) is 5.69 Å². The lowest BCUT2D eigenvalue weighted by atomic mass is 10.0. The standard InChI is InChI=1S/C23H18ClNO3S/c1-14-8-10-16(11-9-14)20-21(29-13-17-5-4-12-28-17)23(27)25(22(20)26)19-7-3-6-18(24)15(19)2/h3-12H,13H2,1-2H3. The molecular formula is C23H18ClNO3S. The summed E-state index contributed by atoms with van der Waals surface area (Å²) < 4.78 is 5.39. The van der Waals surface area contributed by atoms with Crippen molar-refractivity contribution in [3.05, 3.63) is 93.2 Å². The highest BCUT2D eigenvalue weighted by molar-refractivity contribution is 8.03. The smallest absolute Gasteiger partial charge is 0.272 e. The van der Waals surface area contributed by atoms with Gasteiger partial charge in [-0.05, 0) is 49.2 Å². The van der Waals surface area contributed by atoms with Crippen LogP contribution in [0.25, 0.3) is 5.57 Å². The maximum Gasteiger partial charge on any atom is 0.272 e. The topological polar surface area (TPSA) is 50.5 Å². The molecule has 1 aliphatic heterocycles. The third-order valence-electron chi connectivity index (χ3n) is 4.80. The molecule has 1 aromatic heterocycles. The predicted octanol–water partition coefficient (Wildman–Crippen LogP) is 5.77. The normalized spacial score (nSPS) is 14.2. The second kappa shape index (κ2) is 7.93. The second-order valence-electron chi connectivity index (χ2n) is 6.77. The fraction of sp³-hybridized carbons (Fsp3) is 0.130.